The maximum absolute atomic E-state index is 11.8. The van der Waals surface area contributed by atoms with Crippen LogP contribution in [0.15, 0.2) is 10.5 Å². The van der Waals surface area contributed by atoms with Crippen molar-refractivity contribution in [1.82, 2.24) is 0 Å². The van der Waals surface area contributed by atoms with Crippen LogP contribution in [0.1, 0.15) is 25.6 Å². The summed E-state index contributed by atoms with van der Waals surface area (Å²) in [6.07, 6.45) is 3.45. The van der Waals surface area contributed by atoms with Crippen molar-refractivity contribution in [3.05, 3.63) is 11.1 Å². The zero-order valence-corrected chi connectivity index (χ0v) is 11.3. The Bertz CT molecular complexity index is 366. The smallest absolute Gasteiger partial charge is 0.406 e. The Labute approximate surface area is 98.5 Å². The number of ether oxygens (including phenoxy) is 1. The van der Waals surface area contributed by atoms with Crippen LogP contribution >= 0.6 is 23.1 Å². The van der Waals surface area contributed by atoms with E-state index in [9.17, 15) is 4.79 Å². The van der Waals surface area contributed by atoms with E-state index >= 15 is 0 Å². The van der Waals surface area contributed by atoms with E-state index in [1.54, 1.807) is 27.7 Å². The minimum atomic E-state index is -0.449. The maximum Gasteiger partial charge on any atom is 0.604 e. The summed E-state index contributed by atoms with van der Waals surface area (Å²) >= 11 is 3.15. The molecule has 1 aromatic rings. The van der Waals surface area contributed by atoms with Gasteiger partial charge in [0.2, 0.25) is 0 Å². The van der Waals surface area contributed by atoms with Crippen LogP contribution < -0.4 is 4.57 Å². The highest BCUT2D eigenvalue weighted by Gasteiger charge is 2.29. The standard InChI is InChI=1S/C10H16NO2S2/c1-7-6-11(9(14-5)15-7)8(12)13-10(2,3)4/h6H,1-5H3/q+1. The number of rotatable bonds is 1. The number of nitrogens with zero attached hydrogens (tertiary/aromatic N) is 1. The Balaban J connectivity index is 2.91. The summed E-state index contributed by atoms with van der Waals surface area (Å²) in [5, 5.41) is 0. The predicted octanol–water partition coefficient (Wildman–Crippen LogP) is 2.85. The van der Waals surface area contributed by atoms with Gasteiger partial charge in [0.05, 0.1) is 4.88 Å². The molecule has 0 saturated carbocycles. The van der Waals surface area contributed by atoms with Crippen LogP contribution in [0.25, 0.3) is 0 Å². The minimum absolute atomic E-state index is 0.309. The Morgan fingerprint density at radius 3 is 2.60 bits per heavy atom. The third-order valence-corrected chi connectivity index (χ3v) is 3.62. The van der Waals surface area contributed by atoms with Gasteiger partial charge in [0.25, 0.3) is 0 Å². The molecular weight excluding hydrogens is 230 g/mol. The largest absolute Gasteiger partial charge is 0.604 e. The van der Waals surface area contributed by atoms with Gasteiger partial charge in [-0.25, -0.2) is 0 Å². The molecule has 1 aromatic heterocycles. The molecule has 0 aliphatic heterocycles. The lowest BCUT2D eigenvalue weighted by molar-refractivity contribution is -0.619. The molecular formula is C10H16NO2S2+. The normalized spacial score (nSPS) is 11.5. The minimum Gasteiger partial charge on any atom is -0.406 e. The summed E-state index contributed by atoms with van der Waals surface area (Å²) in [5.74, 6) is 0. The third-order valence-electron chi connectivity index (χ3n) is 1.52. The molecule has 0 saturated heterocycles. The van der Waals surface area contributed by atoms with Crippen molar-refractivity contribution in [2.45, 2.75) is 37.6 Å². The van der Waals surface area contributed by atoms with Gasteiger partial charge in [0, 0.05) is 0 Å². The van der Waals surface area contributed by atoms with Crippen molar-refractivity contribution in [2.75, 3.05) is 6.26 Å². The van der Waals surface area contributed by atoms with E-state index in [0.717, 1.165) is 9.22 Å². The first-order valence-corrected chi connectivity index (χ1v) is 6.67. The summed E-state index contributed by atoms with van der Waals surface area (Å²) in [6, 6.07) is 0. The molecule has 1 heterocycles. The van der Waals surface area contributed by atoms with E-state index in [2.05, 4.69) is 0 Å². The molecule has 0 aliphatic rings. The molecule has 0 unspecified atom stereocenters. The quantitative estimate of drug-likeness (QED) is 0.564. The molecule has 0 atom stereocenters. The summed E-state index contributed by atoms with van der Waals surface area (Å²) in [5.41, 5.74) is -0.449. The van der Waals surface area contributed by atoms with Crippen LogP contribution in [0.4, 0.5) is 4.79 Å². The van der Waals surface area contributed by atoms with Gasteiger partial charge in [-0.3, -0.25) is 0 Å². The number of hydrogen-bond acceptors (Lipinski definition) is 4. The van der Waals surface area contributed by atoms with Crippen molar-refractivity contribution in [2.24, 2.45) is 0 Å². The Morgan fingerprint density at radius 1 is 1.53 bits per heavy atom. The summed E-state index contributed by atoms with van der Waals surface area (Å²) < 4.78 is 7.81. The highest BCUT2D eigenvalue weighted by atomic mass is 32.2. The molecule has 0 fully saturated rings. The van der Waals surface area contributed by atoms with Crippen LogP contribution in [0.5, 0.6) is 0 Å². The fourth-order valence-electron chi connectivity index (χ4n) is 1.03. The van der Waals surface area contributed by atoms with E-state index in [1.165, 1.54) is 0 Å². The average molecular weight is 246 g/mol. The van der Waals surface area contributed by atoms with Gasteiger partial charge in [-0.15, -0.1) is 0 Å². The highest BCUT2D eigenvalue weighted by molar-refractivity contribution is 8.00. The van der Waals surface area contributed by atoms with Gasteiger partial charge in [-0.2, -0.15) is 4.79 Å². The third kappa shape index (κ3) is 3.50. The first-order valence-electron chi connectivity index (χ1n) is 4.63. The molecule has 3 nitrogen and oxygen atoms in total. The monoisotopic (exact) mass is 246 g/mol. The molecule has 0 amide bonds. The molecule has 15 heavy (non-hydrogen) atoms. The van der Waals surface area contributed by atoms with Crippen LogP contribution in [-0.2, 0) is 4.74 Å². The van der Waals surface area contributed by atoms with E-state index in [0.29, 0.717) is 0 Å². The zero-order chi connectivity index (χ0) is 11.6. The number of carbonyl (C=O) groups excluding carboxylic acids is 1. The van der Waals surface area contributed by atoms with E-state index in [4.69, 9.17) is 4.74 Å². The lowest BCUT2D eigenvalue weighted by atomic mass is 10.2. The van der Waals surface area contributed by atoms with Crippen LogP contribution in [0, 0.1) is 6.92 Å². The molecule has 5 heteroatoms. The molecule has 84 valence electrons. The Morgan fingerprint density at radius 2 is 2.13 bits per heavy atom. The molecule has 0 radical (unpaired) electrons. The maximum atomic E-state index is 11.8. The van der Waals surface area contributed by atoms with Crippen molar-refractivity contribution in [1.29, 1.82) is 0 Å². The Hall–Kier alpha value is -0.550. The number of aryl methyl sites for hydroxylation is 1. The van der Waals surface area contributed by atoms with Gasteiger partial charge < -0.3 is 4.74 Å². The fraction of sp³-hybridized carbons (Fsp3) is 0.600. The fourth-order valence-corrected chi connectivity index (χ4v) is 2.74. The first-order chi connectivity index (χ1) is 6.83. The molecule has 0 N–H and O–H groups in total. The summed E-state index contributed by atoms with van der Waals surface area (Å²) in [7, 11) is 0. The van der Waals surface area contributed by atoms with Gasteiger partial charge >= 0.3 is 10.4 Å². The number of aromatic nitrogens is 1. The van der Waals surface area contributed by atoms with Crippen molar-refractivity contribution < 1.29 is 14.1 Å². The van der Waals surface area contributed by atoms with E-state index in [-0.39, 0.29) is 6.09 Å². The second-order valence-corrected chi connectivity index (χ2v) is 6.45. The van der Waals surface area contributed by atoms with Gasteiger partial charge in [-0.1, -0.05) is 15.9 Å². The predicted molar refractivity (Wildman–Crippen MR) is 62.7 cm³/mol. The number of hydrogen-bond donors (Lipinski definition) is 0. The van der Waals surface area contributed by atoms with Crippen molar-refractivity contribution >= 4 is 29.2 Å². The van der Waals surface area contributed by atoms with Crippen LogP contribution in [0.2, 0.25) is 0 Å². The first kappa shape index (κ1) is 12.5. The zero-order valence-electron chi connectivity index (χ0n) is 9.66. The number of thioether (sulfide) groups is 1. The lowest BCUT2D eigenvalue weighted by Crippen LogP contribution is -2.46. The van der Waals surface area contributed by atoms with Crippen molar-refractivity contribution in [3.8, 4) is 0 Å². The topological polar surface area (TPSA) is 30.2 Å². The number of thiazole rings is 1. The van der Waals surface area contributed by atoms with Crippen molar-refractivity contribution in [3.63, 3.8) is 0 Å². The summed E-state index contributed by atoms with van der Waals surface area (Å²) in [4.78, 5) is 12.9. The molecule has 1 rings (SSSR count). The SMILES string of the molecule is CSc1sc(C)c[n+]1C(=O)OC(C)(C)C. The van der Waals surface area contributed by atoms with Crippen LogP contribution in [0.3, 0.4) is 0 Å². The van der Waals surface area contributed by atoms with E-state index in [1.807, 2.05) is 40.1 Å². The Kier molecular flexibility index (Phi) is 3.78. The molecule has 0 bridgehead atoms. The average Bonchev–Trinajstić information content (AvgIpc) is 2.43. The number of carbonyl (C=O) groups is 1. The van der Waals surface area contributed by atoms with Gasteiger partial charge in [0.15, 0.2) is 6.20 Å². The highest BCUT2D eigenvalue weighted by Crippen LogP contribution is 2.20. The summed E-state index contributed by atoms with van der Waals surface area (Å²) in [6.45, 7) is 7.57. The second kappa shape index (κ2) is 4.53. The van der Waals surface area contributed by atoms with Crippen LogP contribution in [-0.4, -0.2) is 18.0 Å². The van der Waals surface area contributed by atoms with E-state index < -0.39 is 5.60 Å². The van der Waals surface area contributed by atoms with Gasteiger partial charge in [0.1, 0.15) is 5.60 Å². The second-order valence-electron chi connectivity index (χ2n) is 4.16. The molecule has 0 spiro atoms. The molecule has 0 aliphatic carbocycles. The molecule has 0 aromatic carbocycles. The lowest BCUT2D eigenvalue weighted by Gasteiger charge is -2.15. The van der Waals surface area contributed by atoms with Gasteiger partial charge in [-0.05, 0) is 45.7 Å².